The van der Waals surface area contributed by atoms with Crippen molar-refractivity contribution in [2.45, 2.75) is 155 Å². The molecule has 0 fully saturated rings. The Bertz CT molecular complexity index is 832. The van der Waals surface area contributed by atoms with E-state index in [4.69, 9.17) is 4.74 Å². The predicted molar refractivity (Wildman–Crippen MR) is 178 cm³/mol. The lowest BCUT2D eigenvalue weighted by atomic mass is 10.1. The van der Waals surface area contributed by atoms with Crippen molar-refractivity contribution in [3.8, 4) is 0 Å². The van der Waals surface area contributed by atoms with Gasteiger partial charge in [0.25, 0.3) is 11.8 Å². The van der Waals surface area contributed by atoms with Gasteiger partial charge in [-0.2, -0.15) is 0 Å². The number of esters is 1. The summed E-state index contributed by atoms with van der Waals surface area (Å²) in [6, 6.07) is 0. The fraction of sp³-hybridized carbons (Fsp3) is 0.829. The summed E-state index contributed by atoms with van der Waals surface area (Å²) in [6.45, 7) is 7.97. The van der Waals surface area contributed by atoms with Gasteiger partial charge in [0.2, 0.25) is 0 Å². The second-order valence-corrected chi connectivity index (χ2v) is 12.2. The number of hydrogen-bond donors (Lipinski definition) is 3. The van der Waals surface area contributed by atoms with E-state index < -0.39 is 0 Å². The molecule has 1 aliphatic rings. The van der Waals surface area contributed by atoms with Gasteiger partial charge in [0.15, 0.2) is 0 Å². The van der Waals surface area contributed by atoms with Crippen molar-refractivity contribution in [1.82, 2.24) is 20.9 Å². The number of nitrogens with one attached hydrogen (secondary N) is 3. The van der Waals surface area contributed by atoms with E-state index in [2.05, 4.69) is 34.7 Å². The van der Waals surface area contributed by atoms with E-state index in [1.165, 1.54) is 38.5 Å². The van der Waals surface area contributed by atoms with E-state index in [1.54, 1.807) is 7.05 Å². The molecule has 1 atom stereocenters. The molecule has 0 aromatic carbocycles. The smallest absolute Gasteiger partial charge is 0.306 e. The van der Waals surface area contributed by atoms with Crippen LogP contribution in [0.15, 0.2) is 11.4 Å². The first kappa shape index (κ1) is 39.6. The van der Waals surface area contributed by atoms with Gasteiger partial charge in [-0.3, -0.25) is 19.7 Å². The summed E-state index contributed by atoms with van der Waals surface area (Å²) in [6.07, 6.45) is 23.5. The van der Waals surface area contributed by atoms with Crippen molar-refractivity contribution in [2.24, 2.45) is 0 Å². The van der Waals surface area contributed by atoms with Gasteiger partial charge in [-0.05, 0) is 71.0 Å². The highest BCUT2D eigenvalue weighted by atomic mass is 16.5. The van der Waals surface area contributed by atoms with Crippen molar-refractivity contribution < 1.29 is 23.9 Å². The molecule has 1 unspecified atom stereocenters. The molecule has 9 nitrogen and oxygen atoms in total. The number of nitrogens with zero attached hydrogens (tertiary/aromatic N) is 1. The maximum Gasteiger partial charge on any atom is 0.306 e. The number of likely N-dealkylation sites (N-methyl/N-ethyl adjacent to an activating group) is 1. The summed E-state index contributed by atoms with van der Waals surface area (Å²) < 4.78 is 5.75. The summed E-state index contributed by atoms with van der Waals surface area (Å²) in [7, 11) is 1.64. The van der Waals surface area contributed by atoms with Crippen LogP contribution in [0.4, 0.5) is 0 Å². The molecular weight excluding hydrogens is 556 g/mol. The molecule has 0 aliphatic carbocycles. The standard InChI is InChI=1S/C35H64N4O5/c1-4-6-7-8-12-17-23-30(5-2)44-31(41)24-18-13-11-15-20-27-39(26-19-14-9-10-16-21-29-40)28-22-25-37-33-32(36-3)34(42)38-35(33)43/h29-30H,4-28H2,1-3H3,(H3,36,37,38,42,43). The molecule has 0 aromatic heterocycles. The normalized spacial score (nSPS) is 13.8. The lowest BCUT2D eigenvalue weighted by Gasteiger charge is -2.22. The second kappa shape index (κ2) is 26.9. The van der Waals surface area contributed by atoms with Crippen LogP contribution in [0.5, 0.6) is 0 Å². The molecule has 0 saturated heterocycles. The van der Waals surface area contributed by atoms with Crippen LogP contribution in [0, 0.1) is 0 Å². The number of carbonyl (C=O) groups excluding carboxylic acids is 4. The Morgan fingerprint density at radius 3 is 1.98 bits per heavy atom. The molecule has 0 spiro atoms. The lowest BCUT2D eigenvalue weighted by molar-refractivity contribution is -0.149. The van der Waals surface area contributed by atoms with Crippen molar-refractivity contribution in [3.05, 3.63) is 11.4 Å². The maximum absolute atomic E-state index is 12.3. The van der Waals surface area contributed by atoms with E-state index in [9.17, 15) is 19.2 Å². The van der Waals surface area contributed by atoms with Crippen molar-refractivity contribution in [2.75, 3.05) is 33.2 Å². The van der Waals surface area contributed by atoms with Gasteiger partial charge in [-0.1, -0.05) is 84.5 Å². The van der Waals surface area contributed by atoms with Gasteiger partial charge < -0.3 is 25.1 Å². The number of aldehydes is 1. The Hall–Kier alpha value is -2.42. The highest BCUT2D eigenvalue weighted by Gasteiger charge is 2.29. The third kappa shape index (κ3) is 19.1. The Morgan fingerprint density at radius 1 is 0.773 bits per heavy atom. The zero-order valence-electron chi connectivity index (χ0n) is 28.3. The van der Waals surface area contributed by atoms with Crippen LogP contribution in [-0.2, 0) is 23.9 Å². The second-order valence-electron chi connectivity index (χ2n) is 12.2. The predicted octanol–water partition coefficient (Wildman–Crippen LogP) is 6.31. The van der Waals surface area contributed by atoms with Gasteiger partial charge in [-0.15, -0.1) is 0 Å². The monoisotopic (exact) mass is 620 g/mol. The van der Waals surface area contributed by atoms with Crippen LogP contribution in [-0.4, -0.2) is 68.3 Å². The van der Waals surface area contributed by atoms with Crippen LogP contribution in [0.2, 0.25) is 0 Å². The first-order valence-corrected chi connectivity index (χ1v) is 17.8. The van der Waals surface area contributed by atoms with Crippen molar-refractivity contribution in [1.29, 1.82) is 0 Å². The van der Waals surface area contributed by atoms with E-state index in [0.717, 1.165) is 109 Å². The van der Waals surface area contributed by atoms with E-state index in [-0.39, 0.29) is 23.9 Å². The molecule has 0 aromatic rings. The third-order valence-corrected chi connectivity index (χ3v) is 8.42. The number of amides is 2. The quantitative estimate of drug-likeness (QED) is 0.0358. The fourth-order valence-electron chi connectivity index (χ4n) is 5.69. The number of rotatable bonds is 31. The average Bonchev–Trinajstić information content (AvgIpc) is 3.29. The fourth-order valence-corrected chi connectivity index (χ4v) is 5.69. The number of unbranched alkanes of at least 4 members (excludes halogenated alkanes) is 14. The summed E-state index contributed by atoms with van der Waals surface area (Å²) in [5, 5.41) is 8.26. The first-order chi connectivity index (χ1) is 21.5. The van der Waals surface area contributed by atoms with E-state index >= 15 is 0 Å². The zero-order chi connectivity index (χ0) is 32.3. The van der Waals surface area contributed by atoms with E-state index in [0.29, 0.717) is 30.8 Å². The molecule has 1 rings (SSSR count). The van der Waals surface area contributed by atoms with Gasteiger partial charge in [-0.25, -0.2) is 0 Å². The van der Waals surface area contributed by atoms with Crippen molar-refractivity contribution in [3.63, 3.8) is 0 Å². The van der Waals surface area contributed by atoms with Gasteiger partial charge in [0.05, 0.1) is 0 Å². The number of imide groups is 1. The van der Waals surface area contributed by atoms with Crippen molar-refractivity contribution >= 4 is 24.1 Å². The Morgan fingerprint density at radius 2 is 1.34 bits per heavy atom. The van der Waals surface area contributed by atoms with Gasteiger partial charge in [0, 0.05) is 26.4 Å². The molecule has 9 heteroatoms. The minimum atomic E-state index is -0.389. The SMILES string of the molecule is CCCCCCCCC(CC)OC(=O)CCCCCCCN(CCCCCCCC=O)CCCNC1=C(NC)C(=O)NC1=O. The summed E-state index contributed by atoms with van der Waals surface area (Å²) in [5.74, 6) is -0.802. The van der Waals surface area contributed by atoms with Crippen LogP contribution >= 0.6 is 0 Å². The topological polar surface area (TPSA) is 117 Å². The van der Waals surface area contributed by atoms with Gasteiger partial charge in [0.1, 0.15) is 23.8 Å². The molecule has 0 bridgehead atoms. The molecule has 2 amide bonds. The Kier molecular flexibility index (Phi) is 24.2. The van der Waals surface area contributed by atoms with Crippen LogP contribution in [0.25, 0.3) is 0 Å². The molecular formula is C35H64N4O5. The zero-order valence-corrected chi connectivity index (χ0v) is 28.3. The Labute approximate surface area is 268 Å². The van der Waals surface area contributed by atoms with Crippen LogP contribution < -0.4 is 16.0 Å². The molecule has 254 valence electrons. The molecule has 44 heavy (non-hydrogen) atoms. The highest BCUT2D eigenvalue weighted by molar-refractivity contribution is 6.18. The van der Waals surface area contributed by atoms with Gasteiger partial charge >= 0.3 is 5.97 Å². The summed E-state index contributed by atoms with van der Waals surface area (Å²) >= 11 is 0. The molecule has 1 aliphatic heterocycles. The third-order valence-electron chi connectivity index (χ3n) is 8.42. The lowest BCUT2D eigenvalue weighted by Crippen LogP contribution is -2.31. The number of ether oxygens (including phenoxy) is 1. The molecule has 0 saturated carbocycles. The van der Waals surface area contributed by atoms with E-state index in [1.807, 2.05) is 0 Å². The highest BCUT2D eigenvalue weighted by Crippen LogP contribution is 2.15. The maximum atomic E-state index is 12.3. The largest absolute Gasteiger partial charge is 0.462 e. The molecule has 1 heterocycles. The molecule has 0 radical (unpaired) electrons. The first-order valence-electron chi connectivity index (χ1n) is 17.8. The van der Waals surface area contributed by atoms with Crippen LogP contribution in [0.3, 0.4) is 0 Å². The number of hydrogen-bond acceptors (Lipinski definition) is 8. The minimum Gasteiger partial charge on any atom is -0.462 e. The summed E-state index contributed by atoms with van der Waals surface area (Å²) in [4.78, 5) is 49.2. The summed E-state index contributed by atoms with van der Waals surface area (Å²) in [5.41, 5.74) is 0.624. The molecule has 3 N–H and O–H groups in total. The average molecular weight is 621 g/mol. The Balaban J connectivity index is 2.28. The van der Waals surface area contributed by atoms with Crippen LogP contribution in [0.1, 0.15) is 149 Å². The number of carbonyl (C=O) groups is 4. The minimum absolute atomic E-state index is 0.0363.